The van der Waals surface area contributed by atoms with Gasteiger partial charge in [0.2, 0.25) is 12.2 Å². The monoisotopic (exact) mass is 451 g/mol. The van der Waals surface area contributed by atoms with E-state index in [1.807, 2.05) is 26.0 Å². The third-order valence-corrected chi connectivity index (χ3v) is 4.64. The summed E-state index contributed by atoms with van der Waals surface area (Å²) in [5, 5.41) is 2.66. The van der Waals surface area contributed by atoms with E-state index in [0.717, 1.165) is 11.1 Å². The molecule has 10 nitrogen and oxygen atoms in total. The van der Waals surface area contributed by atoms with E-state index in [9.17, 15) is 19.2 Å². The van der Waals surface area contributed by atoms with Crippen molar-refractivity contribution in [1.29, 1.82) is 0 Å². The molecule has 0 unspecified atom stereocenters. The van der Waals surface area contributed by atoms with Crippen LogP contribution in [0.5, 0.6) is 5.75 Å². The van der Waals surface area contributed by atoms with Gasteiger partial charge in [0, 0.05) is 27.7 Å². The minimum Gasteiger partial charge on any atom is -0.463 e. The van der Waals surface area contributed by atoms with Gasteiger partial charge in [0.25, 0.3) is 0 Å². The Morgan fingerprint density at radius 1 is 0.938 bits per heavy atom. The van der Waals surface area contributed by atoms with Gasteiger partial charge in [-0.25, -0.2) is 0 Å². The minimum absolute atomic E-state index is 0.287. The molecule has 5 atom stereocenters. The van der Waals surface area contributed by atoms with Crippen molar-refractivity contribution in [3.63, 3.8) is 0 Å². The molecule has 1 aliphatic rings. The molecule has 1 heterocycles. The summed E-state index contributed by atoms with van der Waals surface area (Å²) in [4.78, 5) is 46.9. The van der Waals surface area contributed by atoms with E-state index >= 15 is 0 Å². The fraction of sp³-hybridized carbons (Fsp3) is 0.545. The van der Waals surface area contributed by atoms with E-state index in [-0.39, 0.29) is 6.61 Å². The number of carbonyl (C=O) groups excluding carboxylic acids is 4. The fourth-order valence-electron chi connectivity index (χ4n) is 3.45. The van der Waals surface area contributed by atoms with Gasteiger partial charge in [0.05, 0.1) is 0 Å². The molecule has 1 amide bonds. The molecule has 1 N–H and O–H groups in total. The molecule has 0 aliphatic carbocycles. The Labute approximate surface area is 186 Å². The highest BCUT2D eigenvalue weighted by Gasteiger charge is 2.52. The molecule has 1 aromatic rings. The third-order valence-electron chi connectivity index (χ3n) is 4.64. The van der Waals surface area contributed by atoms with Crippen LogP contribution in [0, 0.1) is 13.8 Å². The molecule has 0 spiro atoms. The number of hydrogen-bond acceptors (Lipinski definition) is 9. The van der Waals surface area contributed by atoms with Gasteiger partial charge in [0.1, 0.15) is 24.5 Å². The van der Waals surface area contributed by atoms with Crippen LogP contribution in [-0.4, -0.2) is 61.1 Å². The maximum atomic E-state index is 11.9. The lowest BCUT2D eigenvalue weighted by Crippen LogP contribution is -2.67. The molecule has 0 radical (unpaired) electrons. The molecule has 0 saturated carbocycles. The lowest BCUT2D eigenvalue weighted by Gasteiger charge is -2.44. The van der Waals surface area contributed by atoms with Crippen LogP contribution in [0.3, 0.4) is 0 Å². The Bertz CT molecular complexity index is 869. The normalized spacial score (nSPS) is 24.8. The van der Waals surface area contributed by atoms with Gasteiger partial charge in [-0.15, -0.1) is 0 Å². The van der Waals surface area contributed by atoms with Gasteiger partial charge in [-0.1, -0.05) is 17.7 Å². The van der Waals surface area contributed by atoms with Crippen molar-refractivity contribution >= 4 is 23.8 Å². The van der Waals surface area contributed by atoms with Crippen molar-refractivity contribution < 1.29 is 42.9 Å². The van der Waals surface area contributed by atoms with Crippen LogP contribution in [0.1, 0.15) is 38.8 Å². The van der Waals surface area contributed by atoms with E-state index in [0.29, 0.717) is 5.75 Å². The Hall–Kier alpha value is -3.14. The summed E-state index contributed by atoms with van der Waals surface area (Å²) in [6.07, 6.45) is -4.48. The lowest BCUT2D eigenvalue weighted by molar-refractivity contribution is -0.257. The molecule has 0 aromatic heterocycles. The van der Waals surface area contributed by atoms with Crippen LogP contribution in [0.25, 0.3) is 0 Å². The first-order chi connectivity index (χ1) is 15.0. The first kappa shape index (κ1) is 25.1. The molecular formula is C22H29NO9. The number of amides is 1. The molecule has 10 heteroatoms. The van der Waals surface area contributed by atoms with Crippen molar-refractivity contribution in [2.45, 2.75) is 72.2 Å². The number of ether oxygens (including phenoxy) is 5. The van der Waals surface area contributed by atoms with Gasteiger partial charge in [0.15, 0.2) is 12.2 Å². The second kappa shape index (κ2) is 10.9. The van der Waals surface area contributed by atoms with Crippen LogP contribution in [0.15, 0.2) is 18.2 Å². The second-order valence-corrected chi connectivity index (χ2v) is 7.61. The average molecular weight is 451 g/mol. The quantitative estimate of drug-likeness (QED) is 0.483. The largest absolute Gasteiger partial charge is 0.463 e. The minimum atomic E-state index is -1.16. The first-order valence-corrected chi connectivity index (χ1v) is 10.1. The van der Waals surface area contributed by atoms with Gasteiger partial charge in [-0.05, 0) is 25.5 Å². The zero-order chi connectivity index (χ0) is 24.0. The molecular weight excluding hydrogens is 422 g/mol. The Morgan fingerprint density at radius 2 is 1.56 bits per heavy atom. The van der Waals surface area contributed by atoms with E-state index in [4.69, 9.17) is 23.7 Å². The SMILES string of the molecule is CC(=O)N[C@@H]1[C@@H](Oc2ccc(C)cc2C)O[C@@H](COC(C)=O)[C@@H](OC(C)=O)[C@@H]1OC(C)=O. The van der Waals surface area contributed by atoms with Crippen molar-refractivity contribution in [3.8, 4) is 5.75 Å². The highest BCUT2D eigenvalue weighted by Crippen LogP contribution is 2.30. The summed E-state index contributed by atoms with van der Waals surface area (Å²) in [7, 11) is 0. The van der Waals surface area contributed by atoms with Gasteiger partial charge in [-0.3, -0.25) is 19.2 Å². The van der Waals surface area contributed by atoms with Crippen molar-refractivity contribution in [1.82, 2.24) is 5.32 Å². The molecule has 2 rings (SSSR count). The number of rotatable bonds is 7. The highest BCUT2D eigenvalue weighted by atomic mass is 16.7. The van der Waals surface area contributed by atoms with Crippen LogP contribution < -0.4 is 10.1 Å². The summed E-state index contributed by atoms with van der Waals surface area (Å²) in [6.45, 7) is 8.36. The van der Waals surface area contributed by atoms with Crippen LogP contribution in [-0.2, 0) is 38.1 Å². The van der Waals surface area contributed by atoms with E-state index in [1.165, 1.54) is 27.7 Å². The summed E-state index contributed by atoms with van der Waals surface area (Å²) in [5.41, 5.74) is 1.84. The van der Waals surface area contributed by atoms with Crippen molar-refractivity contribution in [3.05, 3.63) is 29.3 Å². The highest BCUT2D eigenvalue weighted by molar-refractivity contribution is 5.73. The lowest BCUT2D eigenvalue weighted by atomic mass is 9.96. The van der Waals surface area contributed by atoms with Crippen LogP contribution >= 0.6 is 0 Å². The zero-order valence-electron chi connectivity index (χ0n) is 19.0. The zero-order valence-corrected chi connectivity index (χ0v) is 19.0. The molecule has 32 heavy (non-hydrogen) atoms. The summed E-state index contributed by atoms with van der Waals surface area (Å²) in [5.74, 6) is -1.87. The van der Waals surface area contributed by atoms with Gasteiger partial charge >= 0.3 is 17.9 Å². The number of aryl methyl sites for hydroxylation is 2. The van der Waals surface area contributed by atoms with Gasteiger partial charge in [-0.2, -0.15) is 0 Å². The van der Waals surface area contributed by atoms with E-state index in [2.05, 4.69) is 5.32 Å². The maximum absolute atomic E-state index is 11.9. The fourth-order valence-corrected chi connectivity index (χ4v) is 3.45. The number of hydrogen-bond donors (Lipinski definition) is 1. The van der Waals surface area contributed by atoms with Crippen LogP contribution in [0.2, 0.25) is 0 Å². The Balaban J connectivity index is 2.47. The van der Waals surface area contributed by atoms with Gasteiger partial charge < -0.3 is 29.0 Å². The third kappa shape index (κ3) is 6.94. The van der Waals surface area contributed by atoms with E-state index < -0.39 is 54.5 Å². The number of esters is 3. The molecule has 1 saturated heterocycles. The molecule has 1 fully saturated rings. The summed E-state index contributed by atoms with van der Waals surface area (Å²) in [6, 6.07) is 4.49. The molecule has 1 aromatic carbocycles. The maximum Gasteiger partial charge on any atom is 0.303 e. The average Bonchev–Trinajstić information content (AvgIpc) is 2.65. The Kier molecular flexibility index (Phi) is 8.59. The summed E-state index contributed by atoms with van der Waals surface area (Å²) >= 11 is 0. The van der Waals surface area contributed by atoms with Crippen molar-refractivity contribution in [2.24, 2.45) is 0 Å². The second-order valence-electron chi connectivity index (χ2n) is 7.61. The molecule has 0 bridgehead atoms. The predicted octanol–water partition coefficient (Wildman–Crippen LogP) is 1.34. The number of carbonyl (C=O) groups is 4. The first-order valence-electron chi connectivity index (χ1n) is 10.1. The predicted molar refractivity (Wildman–Crippen MR) is 111 cm³/mol. The van der Waals surface area contributed by atoms with Crippen molar-refractivity contribution in [2.75, 3.05) is 6.61 Å². The molecule has 176 valence electrons. The standard InChI is InChI=1S/C22H29NO9/c1-11-7-8-17(12(2)9-11)31-22-19(23-13(3)24)21(30-16(6)27)20(29-15(5)26)18(32-22)10-28-14(4)25/h7-9,18-22H,10H2,1-6H3,(H,23,24)/t18-,19-,20+,21+,22-/m0/s1. The summed E-state index contributed by atoms with van der Waals surface area (Å²) < 4.78 is 27.9. The Morgan fingerprint density at radius 3 is 2.09 bits per heavy atom. The molecule has 1 aliphatic heterocycles. The van der Waals surface area contributed by atoms with Crippen LogP contribution in [0.4, 0.5) is 0 Å². The van der Waals surface area contributed by atoms with E-state index in [1.54, 1.807) is 6.07 Å². The number of nitrogens with one attached hydrogen (secondary N) is 1. The topological polar surface area (TPSA) is 126 Å². The number of benzene rings is 1. The smallest absolute Gasteiger partial charge is 0.303 e.